The highest BCUT2D eigenvalue weighted by Crippen LogP contribution is 2.37. The van der Waals surface area contributed by atoms with E-state index in [1.54, 1.807) is 12.1 Å². The summed E-state index contributed by atoms with van der Waals surface area (Å²) in [5.74, 6) is 1.09. The third kappa shape index (κ3) is 6.62. The molecule has 4 nitrogen and oxygen atoms in total. The number of aromatic nitrogens is 1. The Hall–Kier alpha value is -2.66. The van der Waals surface area contributed by atoms with Crippen LogP contribution in [0, 0.1) is 24.6 Å². The first-order chi connectivity index (χ1) is 18.1. The summed E-state index contributed by atoms with van der Waals surface area (Å²) in [6, 6.07) is 13.6. The topological polar surface area (TPSA) is 46.1 Å². The fraction of sp³-hybridized carbons (Fsp3) is 0.531. The minimum atomic E-state index is -0.224. The molecule has 1 saturated carbocycles. The van der Waals surface area contributed by atoms with Gasteiger partial charge in [0.1, 0.15) is 5.82 Å². The summed E-state index contributed by atoms with van der Waals surface area (Å²) in [5.41, 5.74) is 4.43. The number of carbonyl (C=O) groups excluding carboxylic acids is 1. The van der Waals surface area contributed by atoms with E-state index in [0.29, 0.717) is 18.3 Å². The molecule has 0 bridgehead atoms. The Balaban J connectivity index is 1.41. The molecule has 2 fully saturated rings. The first-order valence-electron chi connectivity index (χ1n) is 14.4. The highest BCUT2D eigenvalue weighted by Gasteiger charge is 2.25. The number of benzene rings is 2. The number of hydrogen-bond acceptors (Lipinski definition) is 2. The van der Waals surface area contributed by atoms with Crippen molar-refractivity contribution in [2.75, 3.05) is 19.6 Å². The van der Waals surface area contributed by atoms with Gasteiger partial charge in [-0.25, -0.2) is 4.39 Å². The van der Waals surface area contributed by atoms with Gasteiger partial charge in [0.15, 0.2) is 0 Å². The fourth-order valence-corrected chi connectivity index (χ4v) is 6.51. The van der Waals surface area contributed by atoms with Crippen LogP contribution in [0.4, 0.5) is 4.39 Å². The zero-order valence-corrected chi connectivity index (χ0v) is 22.3. The minimum Gasteiger partial charge on any atom is -0.356 e. The van der Waals surface area contributed by atoms with Gasteiger partial charge in [-0.2, -0.15) is 0 Å². The molecule has 2 aliphatic rings. The quantitative estimate of drug-likeness (QED) is 0.341. The van der Waals surface area contributed by atoms with Crippen molar-refractivity contribution in [2.24, 2.45) is 11.8 Å². The minimum absolute atomic E-state index is 0.0741. The maximum atomic E-state index is 14.5. The zero-order chi connectivity index (χ0) is 25.6. The fourth-order valence-electron chi connectivity index (χ4n) is 6.51. The second kappa shape index (κ2) is 12.3. The number of nitrogens with zero attached hydrogens (tertiary/aromatic N) is 1. The lowest BCUT2D eigenvalue weighted by molar-refractivity contribution is -0.121. The van der Waals surface area contributed by atoms with Crippen molar-refractivity contribution in [3.8, 4) is 0 Å². The van der Waals surface area contributed by atoms with Crippen molar-refractivity contribution < 1.29 is 9.18 Å². The number of hydrogen-bond donors (Lipinski definition) is 2. The van der Waals surface area contributed by atoms with Gasteiger partial charge < -0.3 is 15.2 Å². The average Bonchev–Trinajstić information content (AvgIpc) is 3.25. The van der Waals surface area contributed by atoms with Crippen LogP contribution in [0.3, 0.4) is 0 Å². The molecule has 1 aromatic heterocycles. The number of aryl methyl sites for hydroxylation is 1. The number of fused-ring (bicyclic) bond motifs is 1. The molecule has 1 saturated heterocycles. The van der Waals surface area contributed by atoms with Crippen LogP contribution in [-0.4, -0.2) is 30.1 Å². The average molecular weight is 504 g/mol. The first kappa shape index (κ1) is 26.0. The summed E-state index contributed by atoms with van der Waals surface area (Å²) < 4.78 is 16.9. The molecule has 5 rings (SSSR count). The number of carbonyl (C=O) groups is 1. The van der Waals surface area contributed by atoms with E-state index in [1.165, 1.54) is 50.5 Å². The Bertz CT molecular complexity index is 1190. The monoisotopic (exact) mass is 503 g/mol. The van der Waals surface area contributed by atoms with Crippen LogP contribution in [0.25, 0.3) is 10.9 Å². The predicted octanol–water partition coefficient (Wildman–Crippen LogP) is 6.70. The molecule has 0 spiro atoms. The van der Waals surface area contributed by atoms with Crippen LogP contribution in [0.2, 0.25) is 0 Å². The van der Waals surface area contributed by atoms with Gasteiger partial charge >= 0.3 is 0 Å². The van der Waals surface area contributed by atoms with Gasteiger partial charge in [-0.15, -0.1) is 0 Å². The number of amides is 1. The third-order valence-corrected chi connectivity index (χ3v) is 8.60. The van der Waals surface area contributed by atoms with Crippen molar-refractivity contribution in [1.82, 2.24) is 15.2 Å². The van der Waals surface area contributed by atoms with Crippen molar-refractivity contribution >= 4 is 16.8 Å². The molecule has 37 heavy (non-hydrogen) atoms. The molecule has 1 unspecified atom stereocenters. The smallest absolute Gasteiger partial charge is 0.220 e. The van der Waals surface area contributed by atoms with E-state index in [2.05, 4.69) is 52.6 Å². The van der Waals surface area contributed by atoms with Crippen molar-refractivity contribution in [2.45, 2.75) is 77.2 Å². The van der Waals surface area contributed by atoms with Gasteiger partial charge in [0.2, 0.25) is 5.91 Å². The Morgan fingerprint density at radius 2 is 1.86 bits per heavy atom. The third-order valence-electron chi connectivity index (χ3n) is 8.60. The van der Waals surface area contributed by atoms with Gasteiger partial charge in [0, 0.05) is 42.5 Å². The normalized spacial score (nSPS) is 18.2. The molecular weight excluding hydrogens is 461 g/mol. The van der Waals surface area contributed by atoms with Crippen LogP contribution in [0.15, 0.2) is 48.7 Å². The first-order valence-corrected chi connectivity index (χ1v) is 14.4. The summed E-state index contributed by atoms with van der Waals surface area (Å²) in [4.78, 5) is 13.2. The van der Waals surface area contributed by atoms with Crippen molar-refractivity contribution in [3.63, 3.8) is 0 Å². The maximum Gasteiger partial charge on any atom is 0.220 e. The molecule has 3 aromatic rings. The van der Waals surface area contributed by atoms with Gasteiger partial charge in [0.25, 0.3) is 0 Å². The summed E-state index contributed by atoms with van der Waals surface area (Å²) in [6.07, 6.45) is 12.5. The van der Waals surface area contributed by atoms with E-state index in [-0.39, 0.29) is 17.6 Å². The number of nitrogens with one attached hydrogen (secondary N) is 2. The van der Waals surface area contributed by atoms with E-state index in [4.69, 9.17) is 0 Å². The Morgan fingerprint density at radius 3 is 2.65 bits per heavy atom. The summed E-state index contributed by atoms with van der Waals surface area (Å²) in [6.45, 7) is 5.93. The maximum absolute atomic E-state index is 14.5. The summed E-state index contributed by atoms with van der Waals surface area (Å²) in [5, 5.41) is 7.55. The SMILES string of the molecule is Cc1cccc(C(CC(=O)NCCC2CCNCC2)c2cn(CC3CCCCC3)c3ccc(F)cc23)c1. The largest absolute Gasteiger partial charge is 0.356 e. The molecule has 2 aromatic carbocycles. The van der Waals surface area contributed by atoms with Crippen LogP contribution < -0.4 is 10.6 Å². The van der Waals surface area contributed by atoms with Gasteiger partial charge in [0.05, 0.1) is 0 Å². The molecule has 5 heteroatoms. The summed E-state index contributed by atoms with van der Waals surface area (Å²) in [7, 11) is 0. The van der Waals surface area contributed by atoms with E-state index in [1.807, 2.05) is 6.07 Å². The molecule has 1 atom stereocenters. The molecule has 2 N–H and O–H groups in total. The predicted molar refractivity (Wildman–Crippen MR) is 149 cm³/mol. The Labute approximate surface area is 221 Å². The second-order valence-electron chi connectivity index (χ2n) is 11.4. The van der Waals surface area contributed by atoms with Gasteiger partial charge in [-0.1, -0.05) is 49.1 Å². The molecule has 198 valence electrons. The molecule has 1 aliphatic heterocycles. The Morgan fingerprint density at radius 1 is 1.05 bits per heavy atom. The van der Waals surface area contributed by atoms with E-state index < -0.39 is 0 Å². The van der Waals surface area contributed by atoms with Gasteiger partial charge in [-0.05, 0) is 93.3 Å². The number of halogens is 1. The lowest BCUT2D eigenvalue weighted by Gasteiger charge is -2.23. The zero-order valence-electron chi connectivity index (χ0n) is 22.3. The van der Waals surface area contributed by atoms with Crippen LogP contribution in [0.1, 0.15) is 80.4 Å². The van der Waals surface area contributed by atoms with Crippen LogP contribution >= 0.6 is 0 Å². The molecule has 2 heterocycles. The molecule has 1 aliphatic carbocycles. The molecule has 1 amide bonds. The highest BCUT2D eigenvalue weighted by molar-refractivity contribution is 5.87. The van der Waals surface area contributed by atoms with Crippen molar-refractivity contribution in [3.05, 3.63) is 71.2 Å². The van der Waals surface area contributed by atoms with Crippen molar-refractivity contribution in [1.29, 1.82) is 0 Å². The standard InChI is InChI=1S/C32H42FN3O/c1-23-6-5-9-26(18-23)28(20-32(37)35-17-14-24-12-15-34-16-13-24)30-22-36(21-25-7-3-2-4-8-25)31-11-10-27(33)19-29(30)31/h5-6,9-11,18-19,22,24-25,28,34H,2-4,7-8,12-17,20-21H2,1H3,(H,35,37). The van der Waals surface area contributed by atoms with E-state index in [9.17, 15) is 9.18 Å². The lowest BCUT2D eigenvalue weighted by Crippen LogP contribution is -2.31. The van der Waals surface area contributed by atoms with Crippen LogP contribution in [-0.2, 0) is 11.3 Å². The highest BCUT2D eigenvalue weighted by atomic mass is 19.1. The Kier molecular flexibility index (Phi) is 8.60. The van der Waals surface area contributed by atoms with E-state index in [0.717, 1.165) is 54.6 Å². The number of piperidine rings is 1. The second-order valence-corrected chi connectivity index (χ2v) is 11.4. The lowest BCUT2D eigenvalue weighted by atomic mass is 9.87. The van der Waals surface area contributed by atoms with Gasteiger partial charge in [-0.3, -0.25) is 4.79 Å². The van der Waals surface area contributed by atoms with Crippen LogP contribution in [0.5, 0.6) is 0 Å². The molecular formula is C32H42FN3O. The van der Waals surface area contributed by atoms with E-state index >= 15 is 0 Å². The number of rotatable bonds is 9. The molecule has 0 radical (unpaired) electrons. The summed E-state index contributed by atoms with van der Waals surface area (Å²) >= 11 is 0.